The molecular weight excluding hydrogens is 297 g/mol. The Labute approximate surface area is 124 Å². The molecule has 0 fully saturated rings. The Morgan fingerprint density at radius 3 is 2.81 bits per heavy atom. The van der Waals surface area contributed by atoms with Gasteiger partial charge in [0.15, 0.2) is 5.13 Å². The van der Waals surface area contributed by atoms with Crippen LogP contribution in [0.3, 0.4) is 0 Å². The first-order valence-corrected chi connectivity index (χ1v) is 7.60. The highest BCUT2D eigenvalue weighted by Gasteiger charge is 2.34. The van der Waals surface area contributed by atoms with E-state index >= 15 is 0 Å². The topological polar surface area (TPSA) is 38.9 Å². The fourth-order valence-electron chi connectivity index (χ4n) is 2.92. The molecule has 1 atom stereocenters. The Hall–Kier alpha value is -1.56. The Morgan fingerprint density at radius 1 is 1.33 bits per heavy atom. The minimum Gasteiger partial charge on any atom is -0.375 e. The van der Waals surface area contributed by atoms with Gasteiger partial charge in [0, 0.05) is 10.8 Å². The molecular formula is C15H15F3N2S. The number of alkyl halides is 3. The molecule has 1 aliphatic carbocycles. The summed E-state index contributed by atoms with van der Waals surface area (Å²) in [7, 11) is 0. The number of thiazole rings is 1. The molecule has 112 valence electrons. The predicted octanol–water partition coefficient (Wildman–Crippen LogP) is 4.52. The molecule has 1 aromatic heterocycles. The molecule has 1 heterocycles. The van der Waals surface area contributed by atoms with Crippen LogP contribution < -0.4 is 5.73 Å². The van der Waals surface area contributed by atoms with E-state index in [4.69, 9.17) is 5.73 Å². The standard InChI is InChI=1S/C15H15F3N2S/c1-8-5-6-9(7-11(8)15(16,17)18)10-3-2-4-12-13(10)21-14(19)20-12/h5-7,10H,2-4H2,1H3,(H2,19,20). The average molecular weight is 312 g/mol. The molecule has 2 nitrogen and oxygen atoms in total. The summed E-state index contributed by atoms with van der Waals surface area (Å²) in [4.78, 5) is 5.31. The fraction of sp³-hybridized carbons (Fsp3) is 0.400. The SMILES string of the molecule is Cc1ccc(C2CCCc3nc(N)sc32)cc1C(F)(F)F. The van der Waals surface area contributed by atoms with E-state index in [0.29, 0.717) is 10.7 Å². The highest BCUT2D eigenvalue weighted by molar-refractivity contribution is 7.15. The molecule has 0 radical (unpaired) electrons. The van der Waals surface area contributed by atoms with Gasteiger partial charge in [-0.15, -0.1) is 11.3 Å². The van der Waals surface area contributed by atoms with Crippen LogP contribution in [0.4, 0.5) is 18.3 Å². The van der Waals surface area contributed by atoms with Crippen molar-refractivity contribution in [1.82, 2.24) is 4.98 Å². The maximum Gasteiger partial charge on any atom is 0.416 e. The predicted molar refractivity (Wildman–Crippen MR) is 77.5 cm³/mol. The van der Waals surface area contributed by atoms with E-state index in [-0.39, 0.29) is 11.5 Å². The number of hydrogen-bond acceptors (Lipinski definition) is 3. The Kier molecular flexibility index (Phi) is 3.43. The van der Waals surface area contributed by atoms with Crippen LogP contribution >= 0.6 is 11.3 Å². The highest BCUT2D eigenvalue weighted by Crippen LogP contribution is 2.42. The fourth-order valence-corrected chi connectivity index (χ4v) is 3.96. The summed E-state index contributed by atoms with van der Waals surface area (Å²) in [5, 5.41) is 0.495. The minimum atomic E-state index is -4.32. The van der Waals surface area contributed by atoms with E-state index in [1.165, 1.54) is 24.3 Å². The molecule has 0 aliphatic heterocycles. The third-order valence-electron chi connectivity index (χ3n) is 3.94. The summed E-state index contributed by atoms with van der Waals surface area (Å²) in [5.41, 5.74) is 7.11. The number of halogens is 3. The summed E-state index contributed by atoms with van der Waals surface area (Å²) in [6.45, 7) is 1.49. The van der Waals surface area contributed by atoms with Gasteiger partial charge in [0.1, 0.15) is 0 Å². The van der Waals surface area contributed by atoms with Gasteiger partial charge in [0.2, 0.25) is 0 Å². The van der Waals surface area contributed by atoms with Gasteiger partial charge in [-0.1, -0.05) is 12.1 Å². The van der Waals surface area contributed by atoms with Gasteiger partial charge < -0.3 is 5.73 Å². The molecule has 0 saturated carbocycles. The second kappa shape index (κ2) is 5.02. The first kappa shape index (κ1) is 14.4. The lowest BCUT2D eigenvalue weighted by molar-refractivity contribution is -0.138. The van der Waals surface area contributed by atoms with Crippen LogP contribution in [0, 0.1) is 6.92 Å². The van der Waals surface area contributed by atoms with E-state index in [0.717, 1.165) is 29.8 Å². The monoisotopic (exact) mass is 312 g/mol. The van der Waals surface area contributed by atoms with Crippen molar-refractivity contribution in [1.29, 1.82) is 0 Å². The normalized spacial score (nSPS) is 18.6. The summed E-state index contributed by atoms with van der Waals surface area (Å²) in [6.07, 6.45) is -1.69. The van der Waals surface area contributed by atoms with Gasteiger partial charge in [-0.2, -0.15) is 13.2 Å². The van der Waals surface area contributed by atoms with E-state index in [2.05, 4.69) is 4.98 Å². The number of anilines is 1. The zero-order valence-corrected chi connectivity index (χ0v) is 12.3. The lowest BCUT2D eigenvalue weighted by Gasteiger charge is -2.23. The lowest BCUT2D eigenvalue weighted by Crippen LogP contribution is -2.12. The van der Waals surface area contributed by atoms with Crippen LogP contribution in [-0.2, 0) is 12.6 Å². The molecule has 0 saturated heterocycles. The Morgan fingerprint density at radius 2 is 2.10 bits per heavy atom. The number of nitrogen functional groups attached to an aromatic ring is 1. The first-order valence-electron chi connectivity index (χ1n) is 6.79. The van der Waals surface area contributed by atoms with Crippen LogP contribution in [0.5, 0.6) is 0 Å². The van der Waals surface area contributed by atoms with Crippen molar-refractivity contribution in [3.63, 3.8) is 0 Å². The number of hydrogen-bond donors (Lipinski definition) is 1. The van der Waals surface area contributed by atoms with Gasteiger partial charge in [-0.3, -0.25) is 0 Å². The molecule has 1 aromatic carbocycles. The molecule has 2 N–H and O–H groups in total. The summed E-state index contributed by atoms with van der Waals surface area (Å²) in [5.74, 6) is -0.0229. The number of fused-ring (bicyclic) bond motifs is 1. The summed E-state index contributed by atoms with van der Waals surface area (Å²) < 4.78 is 39.2. The van der Waals surface area contributed by atoms with Crippen molar-refractivity contribution in [3.8, 4) is 0 Å². The molecule has 6 heteroatoms. The molecule has 0 amide bonds. The third kappa shape index (κ3) is 2.64. The van der Waals surface area contributed by atoms with Crippen molar-refractivity contribution >= 4 is 16.5 Å². The number of aryl methyl sites for hydroxylation is 2. The number of aromatic nitrogens is 1. The second-order valence-corrected chi connectivity index (χ2v) is 6.44. The van der Waals surface area contributed by atoms with Gasteiger partial charge in [0.05, 0.1) is 11.3 Å². The zero-order valence-electron chi connectivity index (χ0n) is 11.5. The number of nitrogens with zero attached hydrogens (tertiary/aromatic N) is 1. The van der Waals surface area contributed by atoms with Crippen LogP contribution in [0.2, 0.25) is 0 Å². The molecule has 2 aromatic rings. The molecule has 1 aliphatic rings. The minimum absolute atomic E-state index is 0.0229. The quantitative estimate of drug-likeness (QED) is 0.841. The van der Waals surface area contributed by atoms with Crippen molar-refractivity contribution in [2.75, 3.05) is 5.73 Å². The van der Waals surface area contributed by atoms with Gasteiger partial charge in [-0.25, -0.2) is 4.98 Å². The Balaban J connectivity index is 2.06. The smallest absolute Gasteiger partial charge is 0.375 e. The maximum atomic E-state index is 13.1. The van der Waals surface area contributed by atoms with Crippen molar-refractivity contribution in [3.05, 3.63) is 45.5 Å². The van der Waals surface area contributed by atoms with Gasteiger partial charge in [-0.05, 0) is 43.4 Å². The lowest BCUT2D eigenvalue weighted by atomic mass is 9.85. The third-order valence-corrected chi connectivity index (χ3v) is 4.98. The summed E-state index contributed by atoms with van der Waals surface area (Å²) in [6, 6.07) is 4.63. The van der Waals surface area contributed by atoms with Gasteiger partial charge >= 0.3 is 6.18 Å². The van der Waals surface area contributed by atoms with Gasteiger partial charge in [0.25, 0.3) is 0 Å². The molecule has 0 bridgehead atoms. The summed E-state index contributed by atoms with van der Waals surface area (Å²) >= 11 is 1.40. The highest BCUT2D eigenvalue weighted by atomic mass is 32.1. The zero-order chi connectivity index (χ0) is 15.2. The van der Waals surface area contributed by atoms with Crippen molar-refractivity contribution < 1.29 is 13.2 Å². The number of rotatable bonds is 1. The Bertz CT molecular complexity index is 676. The average Bonchev–Trinajstić information content (AvgIpc) is 2.78. The molecule has 21 heavy (non-hydrogen) atoms. The van der Waals surface area contributed by atoms with Crippen LogP contribution in [0.1, 0.15) is 46.0 Å². The van der Waals surface area contributed by atoms with E-state index in [1.54, 1.807) is 12.1 Å². The first-order chi connectivity index (χ1) is 9.86. The van der Waals surface area contributed by atoms with Crippen molar-refractivity contribution in [2.45, 2.75) is 38.3 Å². The van der Waals surface area contributed by atoms with E-state index < -0.39 is 11.7 Å². The van der Waals surface area contributed by atoms with E-state index in [1.807, 2.05) is 0 Å². The number of nitrogens with two attached hydrogens (primary N) is 1. The largest absolute Gasteiger partial charge is 0.416 e. The van der Waals surface area contributed by atoms with E-state index in [9.17, 15) is 13.2 Å². The molecule has 0 spiro atoms. The molecule has 1 unspecified atom stereocenters. The number of benzene rings is 1. The van der Waals surface area contributed by atoms with Crippen LogP contribution in [-0.4, -0.2) is 4.98 Å². The maximum absolute atomic E-state index is 13.1. The molecule has 3 rings (SSSR count). The van der Waals surface area contributed by atoms with Crippen LogP contribution in [0.15, 0.2) is 18.2 Å². The van der Waals surface area contributed by atoms with Crippen LogP contribution in [0.25, 0.3) is 0 Å². The second-order valence-electron chi connectivity index (χ2n) is 5.38. The van der Waals surface area contributed by atoms with Crippen molar-refractivity contribution in [2.24, 2.45) is 0 Å².